The van der Waals surface area contributed by atoms with Gasteiger partial charge in [-0.05, 0) is 78.3 Å². The first kappa shape index (κ1) is 28.3. The first-order valence-corrected chi connectivity index (χ1v) is 11.7. The van der Waals surface area contributed by atoms with Gasteiger partial charge in [-0.3, -0.25) is 9.59 Å². The summed E-state index contributed by atoms with van der Waals surface area (Å²) >= 11 is 0. The number of hydrogen-bond acceptors (Lipinski definition) is 4. The summed E-state index contributed by atoms with van der Waals surface area (Å²) < 4.78 is 0. The molecule has 6 nitrogen and oxygen atoms in total. The highest BCUT2D eigenvalue weighted by Crippen LogP contribution is 2.02. The van der Waals surface area contributed by atoms with Crippen LogP contribution in [0.5, 0.6) is 0 Å². The quantitative estimate of drug-likeness (QED) is 0.207. The molecule has 0 spiro atoms. The Labute approximate surface area is 184 Å². The molecule has 2 amide bonds. The van der Waals surface area contributed by atoms with Crippen molar-refractivity contribution in [1.82, 2.24) is 15.5 Å². The Balaban J connectivity index is 3.74. The van der Waals surface area contributed by atoms with E-state index in [0.29, 0.717) is 32.5 Å². The molecular weight excluding hydrogens is 378 g/mol. The molecule has 6 heteroatoms. The van der Waals surface area contributed by atoms with E-state index in [2.05, 4.69) is 27.7 Å². The minimum atomic E-state index is 0.122. The monoisotopic (exact) mass is 423 g/mol. The molecule has 0 fully saturated rings. The third-order valence-corrected chi connectivity index (χ3v) is 4.88. The Morgan fingerprint density at radius 3 is 1.60 bits per heavy atom. The van der Waals surface area contributed by atoms with Gasteiger partial charge in [-0.15, -0.1) is 0 Å². The van der Waals surface area contributed by atoms with E-state index in [4.69, 9.17) is 0 Å². The van der Waals surface area contributed by atoms with Gasteiger partial charge in [0.05, 0.1) is 6.61 Å². The highest BCUT2D eigenvalue weighted by Gasteiger charge is 2.06. The maximum atomic E-state index is 11.8. The Morgan fingerprint density at radius 2 is 1.20 bits per heavy atom. The zero-order valence-electron chi connectivity index (χ0n) is 19.3. The number of carbonyl (C=O) groups is 2. The van der Waals surface area contributed by atoms with Gasteiger partial charge in [0.1, 0.15) is 0 Å². The van der Waals surface area contributed by atoms with E-state index in [-0.39, 0.29) is 18.4 Å². The summed E-state index contributed by atoms with van der Waals surface area (Å²) in [5.74, 6) is 0.246. The second kappa shape index (κ2) is 22.0. The van der Waals surface area contributed by atoms with E-state index in [1.807, 2.05) is 26.0 Å². The highest BCUT2D eigenvalue weighted by molar-refractivity contribution is 5.76. The Bertz CT molecular complexity index is 438. The molecule has 0 atom stereocenters. The lowest BCUT2D eigenvalue weighted by molar-refractivity contribution is -0.122. The number of rotatable bonds is 20. The van der Waals surface area contributed by atoms with E-state index >= 15 is 0 Å². The Kier molecular flexibility index (Phi) is 20.8. The van der Waals surface area contributed by atoms with E-state index in [9.17, 15) is 14.7 Å². The zero-order valence-corrected chi connectivity index (χ0v) is 19.3. The lowest BCUT2D eigenvalue weighted by Crippen LogP contribution is -2.34. The van der Waals surface area contributed by atoms with Crippen molar-refractivity contribution in [3.8, 4) is 0 Å². The van der Waals surface area contributed by atoms with Crippen molar-refractivity contribution < 1.29 is 14.7 Å². The smallest absolute Gasteiger partial charge is 0.219 e. The number of aliphatic hydroxyl groups excluding tert-OH is 1. The van der Waals surface area contributed by atoms with Crippen LogP contribution in [0, 0.1) is 0 Å². The van der Waals surface area contributed by atoms with Crippen molar-refractivity contribution in [3.63, 3.8) is 0 Å². The fourth-order valence-corrected chi connectivity index (χ4v) is 3.14. The largest absolute Gasteiger partial charge is 0.395 e. The number of aliphatic hydroxyl groups is 1. The predicted octanol–water partition coefficient (Wildman–Crippen LogP) is 3.57. The van der Waals surface area contributed by atoms with E-state index in [0.717, 1.165) is 64.5 Å². The molecule has 0 aromatic heterocycles. The molecule has 0 saturated heterocycles. The fourth-order valence-electron chi connectivity index (χ4n) is 3.14. The molecule has 0 aliphatic rings. The van der Waals surface area contributed by atoms with Crippen LogP contribution >= 0.6 is 0 Å². The first-order chi connectivity index (χ1) is 14.6. The topological polar surface area (TPSA) is 81.7 Å². The molecule has 0 saturated carbocycles. The van der Waals surface area contributed by atoms with Gasteiger partial charge in [0.2, 0.25) is 11.8 Å². The molecule has 0 rings (SSSR count). The Morgan fingerprint density at radius 1 is 0.733 bits per heavy atom. The summed E-state index contributed by atoms with van der Waals surface area (Å²) in [5.41, 5.74) is 0. The fraction of sp³-hybridized carbons (Fsp3) is 0.750. The average molecular weight is 424 g/mol. The van der Waals surface area contributed by atoms with Crippen LogP contribution in [-0.2, 0) is 9.59 Å². The molecular formula is C24H45N3O3. The standard InChI is InChI=1S/C24H45N3O3/c1-3-5-7-9-11-15-23(29)25-17-13-19-27(21-22-28)20-14-18-26-24(30)16-12-10-8-6-4-2/h3-6,28H,7-22H2,1-2H3,(H,25,29)(H,26,30)/b5-3+,6-4+. The maximum Gasteiger partial charge on any atom is 0.219 e. The SMILES string of the molecule is C/C=C/CCCCC(=O)NCCCN(CCO)CCCNC(=O)CCCC/C=C/C. The summed E-state index contributed by atoms with van der Waals surface area (Å²) in [6.45, 7) is 7.77. The lowest BCUT2D eigenvalue weighted by atomic mass is 10.2. The molecule has 0 aliphatic carbocycles. The normalized spacial score (nSPS) is 11.6. The summed E-state index contributed by atoms with van der Waals surface area (Å²) in [7, 11) is 0. The number of allylic oxidation sites excluding steroid dienone is 4. The van der Waals surface area contributed by atoms with Crippen LogP contribution in [0.2, 0.25) is 0 Å². The lowest BCUT2D eigenvalue weighted by Gasteiger charge is -2.21. The highest BCUT2D eigenvalue weighted by atomic mass is 16.3. The third-order valence-electron chi connectivity index (χ3n) is 4.88. The van der Waals surface area contributed by atoms with Gasteiger partial charge in [-0.1, -0.05) is 24.3 Å². The van der Waals surface area contributed by atoms with Gasteiger partial charge < -0.3 is 20.6 Å². The van der Waals surface area contributed by atoms with Crippen molar-refractivity contribution in [3.05, 3.63) is 24.3 Å². The Hall–Kier alpha value is -1.66. The average Bonchev–Trinajstić information content (AvgIpc) is 2.73. The molecule has 0 radical (unpaired) electrons. The van der Waals surface area contributed by atoms with Crippen molar-refractivity contribution in [1.29, 1.82) is 0 Å². The van der Waals surface area contributed by atoms with Crippen molar-refractivity contribution >= 4 is 11.8 Å². The van der Waals surface area contributed by atoms with Crippen LogP contribution in [0.15, 0.2) is 24.3 Å². The van der Waals surface area contributed by atoms with Gasteiger partial charge in [0.25, 0.3) is 0 Å². The van der Waals surface area contributed by atoms with Crippen molar-refractivity contribution in [2.24, 2.45) is 0 Å². The molecule has 0 bridgehead atoms. The van der Waals surface area contributed by atoms with Crippen LogP contribution in [0.3, 0.4) is 0 Å². The number of carbonyl (C=O) groups excluding carboxylic acids is 2. The van der Waals surface area contributed by atoms with Crippen LogP contribution < -0.4 is 10.6 Å². The summed E-state index contributed by atoms with van der Waals surface area (Å²) in [5, 5.41) is 15.2. The second-order valence-corrected chi connectivity index (χ2v) is 7.60. The van der Waals surface area contributed by atoms with Crippen LogP contribution in [0.25, 0.3) is 0 Å². The van der Waals surface area contributed by atoms with Crippen LogP contribution in [0.4, 0.5) is 0 Å². The van der Waals surface area contributed by atoms with Gasteiger partial charge in [-0.2, -0.15) is 0 Å². The van der Waals surface area contributed by atoms with Gasteiger partial charge in [0.15, 0.2) is 0 Å². The van der Waals surface area contributed by atoms with Crippen molar-refractivity contribution in [2.45, 2.75) is 78.1 Å². The second-order valence-electron chi connectivity index (χ2n) is 7.60. The summed E-state index contributed by atoms with van der Waals surface area (Å²) in [6, 6.07) is 0. The van der Waals surface area contributed by atoms with Crippen molar-refractivity contribution in [2.75, 3.05) is 39.3 Å². The first-order valence-electron chi connectivity index (χ1n) is 11.7. The maximum absolute atomic E-state index is 11.8. The molecule has 174 valence electrons. The number of nitrogens with one attached hydrogen (secondary N) is 2. The van der Waals surface area contributed by atoms with Gasteiger partial charge >= 0.3 is 0 Å². The zero-order chi connectivity index (χ0) is 22.3. The van der Waals surface area contributed by atoms with Gasteiger partial charge in [-0.25, -0.2) is 0 Å². The number of hydrogen-bond donors (Lipinski definition) is 3. The van der Waals surface area contributed by atoms with Crippen LogP contribution in [0.1, 0.15) is 78.1 Å². The van der Waals surface area contributed by atoms with Gasteiger partial charge in [0, 0.05) is 32.5 Å². The summed E-state index contributed by atoms with van der Waals surface area (Å²) in [4.78, 5) is 25.8. The van der Waals surface area contributed by atoms with Crippen LogP contribution in [-0.4, -0.2) is 61.2 Å². The number of amides is 2. The molecule has 0 aromatic rings. The predicted molar refractivity (Wildman–Crippen MR) is 125 cm³/mol. The molecule has 0 aromatic carbocycles. The molecule has 30 heavy (non-hydrogen) atoms. The van der Waals surface area contributed by atoms with E-state index in [1.165, 1.54) is 0 Å². The minimum absolute atomic E-state index is 0.122. The minimum Gasteiger partial charge on any atom is -0.395 e. The van der Waals surface area contributed by atoms with E-state index in [1.54, 1.807) is 0 Å². The molecule has 0 unspecified atom stereocenters. The molecule has 0 heterocycles. The molecule has 0 aliphatic heterocycles. The third kappa shape index (κ3) is 19.6. The summed E-state index contributed by atoms with van der Waals surface area (Å²) in [6.07, 6.45) is 17.3. The van der Waals surface area contributed by atoms with E-state index < -0.39 is 0 Å². The number of unbranched alkanes of at least 4 members (excludes halogenated alkanes) is 4. The number of nitrogens with zero attached hydrogens (tertiary/aromatic N) is 1. The molecule has 3 N–H and O–H groups in total.